The zero-order chi connectivity index (χ0) is 16.7. The van der Waals surface area contributed by atoms with Gasteiger partial charge in [-0.3, -0.25) is 0 Å². The number of anilines is 1. The van der Waals surface area contributed by atoms with E-state index in [1.165, 1.54) is 0 Å². The molecule has 122 valence electrons. The third kappa shape index (κ3) is 4.34. The second kappa shape index (κ2) is 8.21. The Morgan fingerprint density at radius 3 is 2.27 bits per heavy atom. The summed E-state index contributed by atoms with van der Waals surface area (Å²) in [6.07, 6.45) is 3.65. The van der Waals surface area contributed by atoms with Gasteiger partial charge in [0.25, 0.3) is 0 Å². The van der Waals surface area contributed by atoms with Crippen LogP contribution in [0.25, 0.3) is 0 Å². The van der Waals surface area contributed by atoms with Gasteiger partial charge >= 0.3 is 11.9 Å². The van der Waals surface area contributed by atoms with Gasteiger partial charge in [0, 0.05) is 18.3 Å². The lowest BCUT2D eigenvalue weighted by Crippen LogP contribution is -2.21. The minimum atomic E-state index is -1.44. The molecule has 0 aliphatic carbocycles. The summed E-state index contributed by atoms with van der Waals surface area (Å²) in [4.78, 5) is 22.6. The van der Waals surface area contributed by atoms with Crippen molar-refractivity contribution >= 4 is 17.8 Å². The largest absolute Gasteiger partial charge is 0.477 e. The molecule has 0 radical (unpaired) electrons. The lowest BCUT2D eigenvalue weighted by molar-refractivity contribution is -0.140. The highest BCUT2D eigenvalue weighted by Gasteiger charge is 2.24. The molecule has 7 heteroatoms. The summed E-state index contributed by atoms with van der Waals surface area (Å²) in [5.41, 5.74) is -0.403. The number of nitrogens with zero attached hydrogens (tertiary/aromatic N) is 2. The van der Waals surface area contributed by atoms with E-state index in [9.17, 15) is 19.8 Å². The molecule has 1 rings (SSSR count). The van der Waals surface area contributed by atoms with Gasteiger partial charge in [0.15, 0.2) is 5.57 Å². The molecule has 0 unspecified atom stereocenters. The van der Waals surface area contributed by atoms with Crippen molar-refractivity contribution in [1.82, 2.24) is 9.78 Å². The van der Waals surface area contributed by atoms with Crippen LogP contribution in [0.2, 0.25) is 0 Å². The summed E-state index contributed by atoms with van der Waals surface area (Å²) in [5, 5.41) is 25.5. The number of aliphatic carboxylic acids is 2. The lowest BCUT2D eigenvalue weighted by atomic mass is 9.95. The number of allylic oxidation sites excluding steroid dienone is 1. The van der Waals surface area contributed by atoms with Crippen LogP contribution in [-0.4, -0.2) is 31.9 Å². The Bertz CT molecular complexity index is 543. The maximum absolute atomic E-state index is 11.3. The van der Waals surface area contributed by atoms with Crippen molar-refractivity contribution in [2.45, 2.75) is 46.6 Å². The van der Waals surface area contributed by atoms with Gasteiger partial charge in [-0.05, 0) is 19.3 Å². The van der Waals surface area contributed by atoms with E-state index in [4.69, 9.17) is 0 Å². The Morgan fingerprint density at radius 1 is 1.23 bits per heavy atom. The van der Waals surface area contributed by atoms with E-state index >= 15 is 0 Å². The van der Waals surface area contributed by atoms with Crippen molar-refractivity contribution in [3.63, 3.8) is 0 Å². The van der Waals surface area contributed by atoms with E-state index in [0.717, 1.165) is 12.8 Å². The van der Waals surface area contributed by atoms with E-state index < -0.39 is 17.5 Å². The fourth-order valence-corrected chi connectivity index (χ4v) is 2.28. The molecule has 1 heterocycles. The average molecular weight is 309 g/mol. The van der Waals surface area contributed by atoms with Crippen LogP contribution < -0.4 is 5.32 Å². The maximum atomic E-state index is 11.3. The highest BCUT2D eigenvalue weighted by Crippen LogP contribution is 2.23. The Balaban J connectivity index is 3.24. The fraction of sp³-hybridized carbons (Fsp3) is 0.533. The number of aromatic nitrogens is 2. The van der Waals surface area contributed by atoms with Crippen LogP contribution in [0.15, 0.2) is 23.5 Å². The number of hydrogen-bond donors (Lipinski definition) is 3. The second-order valence-corrected chi connectivity index (χ2v) is 5.01. The van der Waals surface area contributed by atoms with E-state index in [1.807, 2.05) is 20.8 Å². The molecule has 0 saturated carbocycles. The third-order valence-electron chi connectivity index (χ3n) is 3.67. The zero-order valence-electron chi connectivity index (χ0n) is 13.2. The summed E-state index contributed by atoms with van der Waals surface area (Å²) in [6, 6.07) is 1.69. The van der Waals surface area contributed by atoms with Crippen molar-refractivity contribution in [1.29, 1.82) is 0 Å². The number of hydrogen-bond acceptors (Lipinski definition) is 4. The molecule has 0 spiro atoms. The molecule has 0 aliphatic heterocycles. The van der Waals surface area contributed by atoms with E-state index in [2.05, 4.69) is 10.4 Å². The van der Waals surface area contributed by atoms with Crippen LogP contribution in [0, 0.1) is 5.92 Å². The van der Waals surface area contributed by atoms with Crippen molar-refractivity contribution in [2.75, 3.05) is 5.32 Å². The molecule has 1 aromatic heterocycles. The molecular weight excluding hydrogens is 286 g/mol. The normalized spacial score (nSPS) is 10.5. The highest BCUT2D eigenvalue weighted by atomic mass is 16.4. The summed E-state index contributed by atoms with van der Waals surface area (Å²) in [7, 11) is 0. The van der Waals surface area contributed by atoms with Crippen molar-refractivity contribution in [2.24, 2.45) is 5.92 Å². The van der Waals surface area contributed by atoms with Crippen LogP contribution in [0.4, 0.5) is 5.82 Å². The van der Waals surface area contributed by atoms with Gasteiger partial charge in [-0.25, -0.2) is 14.3 Å². The molecule has 0 aliphatic rings. The molecular formula is C15H23N3O4. The van der Waals surface area contributed by atoms with Crippen LogP contribution in [-0.2, 0) is 16.1 Å². The minimum absolute atomic E-state index is 0.212. The standard InChI is InChI=1S/C15H23N3O4/c1-4-10(5-2)9-11(13(14(19)20)15(21)22)17-12-7-8-16-18(12)6-3/h7-8,10,17H,4-6,9H2,1-3H3,(H,19,20)(H,21,22). The number of rotatable bonds is 9. The molecule has 0 fully saturated rings. The Hall–Kier alpha value is -2.31. The van der Waals surface area contributed by atoms with Gasteiger partial charge in [-0.2, -0.15) is 5.10 Å². The first kappa shape index (κ1) is 17.7. The Kier molecular flexibility index (Phi) is 6.62. The maximum Gasteiger partial charge on any atom is 0.344 e. The number of nitrogens with one attached hydrogen (secondary N) is 1. The van der Waals surface area contributed by atoms with Crippen LogP contribution >= 0.6 is 0 Å². The third-order valence-corrected chi connectivity index (χ3v) is 3.67. The lowest BCUT2D eigenvalue weighted by Gasteiger charge is -2.18. The SMILES string of the molecule is CCC(CC)CC(Nc1ccnn1CC)=C(C(=O)O)C(=O)O. The monoisotopic (exact) mass is 309 g/mol. The van der Waals surface area contributed by atoms with Crippen molar-refractivity contribution in [3.8, 4) is 0 Å². The van der Waals surface area contributed by atoms with Gasteiger partial charge in [0.2, 0.25) is 0 Å². The summed E-state index contributed by atoms with van der Waals surface area (Å²) >= 11 is 0. The Labute approximate surface area is 129 Å². The molecule has 22 heavy (non-hydrogen) atoms. The van der Waals surface area contributed by atoms with Gasteiger partial charge < -0.3 is 15.5 Å². The van der Waals surface area contributed by atoms with Gasteiger partial charge in [0.05, 0.1) is 6.20 Å². The quantitative estimate of drug-likeness (QED) is 0.368. The van der Waals surface area contributed by atoms with Gasteiger partial charge in [-0.1, -0.05) is 26.7 Å². The van der Waals surface area contributed by atoms with Gasteiger partial charge in [0.1, 0.15) is 5.82 Å². The molecule has 0 aromatic carbocycles. The van der Waals surface area contributed by atoms with Gasteiger partial charge in [-0.15, -0.1) is 0 Å². The van der Waals surface area contributed by atoms with Crippen LogP contribution in [0.5, 0.6) is 0 Å². The Morgan fingerprint density at radius 2 is 1.82 bits per heavy atom. The summed E-state index contributed by atoms with van der Waals surface area (Å²) < 4.78 is 1.65. The molecule has 0 amide bonds. The predicted octanol–water partition coefficient (Wildman–Crippen LogP) is 2.56. The van der Waals surface area contributed by atoms with Crippen LogP contribution in [0.1, 0.15) is 40.0 Å². The number of carboxylic acid groups (broad SMARTS) is 2. The topological polar surface area (TPSA) is 104 Å². The fourth-order valence-electron chi connectivity index (χ4n) is 2.28. The number of carbonyl (C=O) groups is 2. The molecule has 0 atom stereocenters. The van der Waals surface area contributed by atoms with E-state index in [1.54, 1.807) is 16.9 Å². The smallest absolute Gasteiger partial charge is 0.344 e. The first-order chi connectivity index (χ1) is 10.4. The molecule has 7 nitrogen and oxygen atoms in total. The number of aryl methyl sites for hydroxylation is 1. The highest BCUT2D eigenvalue weighted by molar-refractivity contribution is 6.13. The molecule has 3 N–H and O–H groups in total. The summed E-state index contributed by atoms with van der Waals surface area (Å²) in [6.45, 7) is 6.51. The first-order valence-corrected chi connectivity index (χ1v) is 7.43. The zero-order valence-corrected chi connectivity index (χ0v) is 13.2. The molecule has 0 bridgehead atoms. The second-order valence-electron chi connectivity index (χ2n) is 5.01. The van der Waals surface area contributed by atoms with E-state index in [-0.39, 0.29) is 11.6 Å². The molecule has 1 aromatic rings. The van der Waals surface area contributed by atoms with E-state index in [0.29, 0.717) is 18.8 Å². The first-order valence-electron chi connectivity index (χ1n) is 7.43. The van der Waals surface area contributed by atoms with Crippen molar-refractivity contribution in [3.05, 3.63) is 23.5 Å². The minimum Gasteiger partial charge on any atom is -0.477 e. The average Bonchev–Trinajstić information content (AvgIpc) is 2.90. The predicted molar refractivity (Wildman–Crippen MR) is 82.5 cm³/mol. The summed E-state index contributed by atoms with van der Waals surface area (Å²) in [5.74, 6) is -2.08. The number of carboxylic acids is 2. The van der Waals surface area contributed by atoms with Crippen molar-refractivity contribution < 1.29 is 19.8 Å². The molecule has 0 saturated heterocycles. The van der Waals surface area contributed by atoms with Crippen LogP contribution in [0.3, 0.4) is 0 Å².